The number of anilines is 2. The predicted molar refractivity (Wildman–Crippen MR) is 93.8 cm³/mol. The number of halogens is 2. The fourth-order valence-corrected chi connectivity index (χ4v) is 3.06. The van der Waals surface area contributed by atoms with E-state index in [9.17, 15) is 0 Å². The Balaban J connectivity index is 1.96. The van der Waals surface area contributed by atoms with Gasteiger partial charge in [-0.1, -0.05) is 44.0 Å². The molecule has 0 radical (unpaired) electrons. The van der Waals surface area contributed by atoms with E-state index in [1.54, 1.807) is 6.07 Å². The minimum absolute atomic E-state index is 0.622. The molecule has 0 heterocycles. The maximum Gasteiger partial charge on any atom is 0.0992 e. The van der Waals surface area contributed by atoms with E-state index >= 15 is 0 Å². The third-order valence-corrected chi connectivity index (χ3v) is 4.07. The second-order valence-electron chi connectivity index (χ2n) is 4.67. The Bertz CT molecular complexity index is 866. The van der Waals surface area contributed by atoms with Crippen molar-refractivity contribution in [2.75, 3.05) is 5.32 Å². The second kappa shape index (κ2) is 5.88. The van der Waals surface area contributed by atoms with E-state index in [4.69, 9.17) is 5.26 Å². The Kier molecular flexibility index (Phi) is 3.96. The molecule has 102 valence electrons. The number of nitrogens with one attached hydrogen (secondary N) is 1. The fourth-order valence-electron chi connectivity index (χ4n) is 2.19. The van der Waals surface area contributed by atoms with Crippen molar-refractivity contribution < 1.29 is 0 Å². The van der Waals surface area contributed by atoms with E-state index in [1.165, 1.54) is 10.8 Å². The van der Waals surface area contributed by atoms with Gasteiger partial charge in [-0.2, -0.15) is 5.26 Å². The number of fused-ring (bicyclic) bond motifs is 1. The van der Waals surface area contributed by atoms with Crippen molar-refractivity contribution in [2.24, 2.45) is 0 Å². The summed E-state index contributed by atoms with van der Waals surface area (Å²) in [7, 11) is 0. The molecule has 2 nitrogen and oxygen atoms in total. The van der Waals surface area contributed by atoms with Crippen LogP contribution in [-0.4, -0.2) is 0 Å². The van der Waals surface area contributed by atoms with Gasteiger partial charge < -0.3 is 5.32 Å². The van der Waals surface area contributed by atoms with Gasteiger partial charge in [0.05, 0.1) is 11.6 Å². The van der Waals surface area contributed by atoms with Crippen molar-refractivity contribution in [3.8, 4) is 6.07 Å². The molecule has 0 spiro atoms. The van der Waals surface area contributed by atoms with Crippen molar-refractivity contribution in [1.82, 2.24) is 0 Å². The molecule has 0 aliphatic rings. The van der Waals surface area contributed by atoms with Crippen molar-refractivity contribution in [3.63, 3.8) is 0 Å². The molecular formula is C17H10Br2N2. The highest BCUT2D eigenvalue weighted by Crippen LogP contribution is 2.26. The lowest BCUT2D eigenvalue weighted by Gasteiger charge is -2.09. The van der Waals surface area contributed by atoms with E-state index in [-0.39, 0.29) is 0 Å². The Morgan fingerprint density at radius 1 is 0.762 bits per heavy atom. The summed E-state index contributed by atoms with van der Waals surface area (Å²) in [5, 5.41) is 14.7. The average molecular weight is 402 g/mol. The first-order valence-electron chi connectivity index (χ1n) is 6.31. The van der Waals surface area contributed by atoms with Gasteiger partial charge in [0.2, 0.25) is 0 Å². The third-order valence-electron chi connectivity index (χ3n) is 3.12. The molecule has 0 amide bonds. The monoisotopic (exact) mass is 400 g/mol. The number of nitriles is 1. The maximum atomic E-state index is 9.02. The van der Waals surface area contributed by atoms with Crippen molar-refractivity contribution >= 4 is 54.0 Å². The van der Waals surface area contributed by atoms with Gasteiger partial charge in [0.25, 0.3) is 0 Å². The summed E-state index contributed by atoms with van der Waals surface area (Å²) < 4.78 is 1.95. The SMILES string of the molecule is N#Cc1cc(Br)cc(Nc2ccc3cc(Br)ccc3c2)c1. The molecule has 1 N–H and O–H groups in total. The summed E-state index contributed by atoms with van der Waals surface area (Å²) in [4.78, 5) is 0. The van der Waals surface area contributed by atoms with Crippen LogP contribution in [0.15, 0.2) is 63.5 Å². The largest absolute Gasteiger partial charge is 0.355 e. The number of rotatable bonds is 2. The summed E-state index contributed by atoms with van der Waals surface area (Å²) in [5.74, 6) is 0. The minimum Gasteiger partial charge on any atom is -0.355 e. The van der Waals surface area contributed by atoms with Crippen molar-refractivity contribution in [2.45, 2.75) is 0 Å². The van der Waals surface area contributed by atoms with E-state index in [1.807, 2.05) is 24.3 Å². The standard InChI is InChI=1S/C17H10Br2N2/c18-14-3-1-13-8-16(4-2-12(13)7-14)21-17-6-11(10-20)5-15(19)9-17/h1-9,21H. The van der Waals surface area contributed by atoms with Gasteiger partial charge in [-0.25, -0.2) is 0 Å². The molecule has 0 fully saturated rings. The minimum atomic E-state index is 0.622. The van der Waals surface area contributed by atoms with Crippen LogP contribution in [0.3, 0.4) is 0 Å². The predicted octanol–water partition coefficient (Wildman–Crippen LogP) is 5.98. The van der Waals surface area contributed by atoms with Crippen LogP contribution in [-0.2, 0) is 0 Å². The molecule has 0 aromatic heterocycles. The Labute approximate surface area is 139 Å². The lowest BCUT2D eigenvalue weighted by atomic mass is 10.1. The zero-order valence-corrected chi connectivity index (χ0v) is 14.1. The highest BCUT2D eigenvalue weighted by molar-refractivity contribution is 9.10. The molecule has 4 heteroatoms. The molecule has 0 unspecified atom stereocenters. The van der Waals surface area contributed by atoms with Gasteiger partial charge in [-0.05, 0) is 53.2 Å². The van der Waals surface area contributed by atoms with Crippen LogP contribution in [0.4, 0.5) is 11.4 Å². The summed E-state index contributed by atoms with van der Waals surface area (Å²) in [6.07, 6.45) is 0. The first kappa shape index (κ1) is 14.1. The molecule has 0 aliphatic carbocycles. The molecule has 0 bridgehead atoms. The topological polar surface area (TPSA) is 35.8 Å². The van der Waals surface area contributed by atoms with Crippen LogP contribution in [0.2, 0.25) is 0 Å². The number of hydrogen-bond donors (Lipinski definition) is 1. The van der Waals surface area contributed by atoms with Gasteiger partial charge in [0, 0.05) is 20.3 Å². The van der Waals surface area contributed by atoms with Crippen LogP contribution in [0.1, 0.15) is 5.56 Å². The molecular weight excluding hydrogens is 392 g/mol. The molecule has 3 aromatic rings. The van der Waals surface area contributed by atoms with Crippen LogP contribution >= 0.6 is 31.9 Å². The molecule has 21 heavy (non-hydrogen) atoms. The van der Waals surface area contributed by atoms with Gasteiger partial charge in [0.15, 0.2) is 0 Å². The zero-order chi connectivity index (χ0) is 14.8. The number of hydrogen-bond acceptors (Lipinski definition) is 2. The molecule has 3 aromatic carbocycles. The molecule has 3 rings (SSSR count). The van der Waals surface area contributed by atoms with Crippen LogP contribution in [0, 0.1) is 11.3 Å². The van der Waals surface area contributed by atoms with Crippen LogP contribution in [0.25, 0.3) is 10.8 Å². The Hall–Kier alpha value is -1.83. The highest BCUT2D eigenvalue weighted by atomic mass is 79.9. The molecule has 0 atom stereocenters. The first-order valence-corrected chi connectivity index (χ1v) is 7.90. The van der Waals surface area contributed by atoms with E-state index in [0.717, 1.165) is 20.3 Å². The zero-order valence-electron chi connectivity index (χ0n) is 10.9. The first-order chi connectivity index (χ1) is 10.1. The average Bonchev–Trinajstić information content (AvgIpc) is 2.47. The van der Waals surface area contributed by atoms with Gasteiger partial charge in [-0.15, -0.1) is 0 Å². The summed E-state index contributed by atoms with van der Waals surface area (Å²) in [6.45, 7) is 0. The van der Waals surface area contributed by atoms with Gasteiger partial charge in [0.1, 0.15) is 0 Å². The highest BCUT2D eigenvalue weighted by Gasteiger charge is 2.01. The number of benzene rings is 3. The fraction of sp³-hybridized carbons (Fsp3) is 0. The summed E-state index contributed by atoms with van der Waals surface area (Å²) in [6, 6.07) is 20.1. The van der Waals surface area contributed by atoms with Crippen molar-refractivity contribution in [3.05, 3.63) is 69.1 Å². The summed E-state index contributed by atoms with van der Waals surface area (Å²) >= 11 is 6.90. The van der Waals surface area contributed by atoms with Gasteiger partial charge in [-0.3, -0.25) is 0 Å². The lowest BCUT2D eigenvalue weighted by Crippen LogP contribution is -1.91. The number of nitrogens with zero attached hydrogens (tertiary/aromatic N) is 1. The van der Waals surface area contributed by atoms with E-state index in [2.05, 4.69) is 67.5 Å². The van der Waals surface area contributed by atoms with Crippen molar-refractivity contribution in [1.29, 1.82) is 5.26 Å². The van der Waals surface area contributed by atoms with Gasteiger partial charge >= 0.3 is 0 Å². The summed E-state index contributed by atoms with van der Waals surface area (Å²) in [5.41, 5.74) is 2.50. The van der Waals surface area contributed by atoms with E-state index in [0.29, 0.717) is 5.56 Å². The molecule has 0 aliphatic heterocycles. The molecule has 0 saturated carbocycles. The maximum absolute atomic E-state index is 9.02. The van der Waals surface area contributed by atoms with E-state index < -0.39 is 0 Å². The quantitative estimate of drug-likeness (QED) is 0.573. The smallest absolute Gasteiger partial charge is 0.0992 e. The lowest BCUT2D eigenvalue weighted by molar-refractivity contribution is 1.46. The van der Waals surface area contributed by atoms with Crippen LogP contribution < -0.4 is 5.32 Å². The normalized spacial score (nSPS) is 10.3. The second-order valence-corrected chi connectivity index (χ2v) is 6.50. The molecule has 0 saturated heterocycles. The van der Waals surface area contributed by atoms with Crippen LogP contribution in [0.5, 0.6) is 0 Å². The third kappa shape index (κ3) is 3.26. The Morgan fingerprint density at radius 2 is 1.52 bits per heavy atom. The Morgan fingerprint density at radius 3 is 2.33 bits per heavy atom.